The molecule has 170 valence electrons. The lowest BCUT2D eigenvalue weighted by Gasteiger charge is -2.24. The fourth-order valence-corrected chi connectivity index (χ4v) is 3.85. The van der Waals surface area contributed by atoms with Crippen molar-refractivity contribution in [3.8, 4) is 11.5 Å². The van der Waals surface area contributed by atoms with Gasteiger partial charge in [-0.2, -0.15) is 0 Å². The highest BCUT2D eigenvalue weighted by Crippen LogP contribution is 2.41. The minimum Gasteiger partial charge on any atom is -0.507 e. The van der Waals surface area contributed by atoms with E-state index in [0.717, 1.165) is 6.42 Å². The van der Waals surface area contributed by atoms with E-state index >= 15 is 0 Å². The van der Waals surface area contributed by atoms with Crippen molar-refractivity contribution >= 4 is 17.4 Å². The van der Waals surface area contributed by atoms with Crippen LogP contribution in [0.1, 0.15) is 36.3 Å². The van der Waals surface area contributed by atoms with Crippen molar-refractivity contribution in [3.05, 3.63) is 89.4 Å². The van der Waals surface area contributed by atoms with Crippen LogP contribution in [0.25, 0.3) is 5.76 Å². The molecule has 0 aliphatic carbocycles. The first-order valence-corrected chi connectivity index (χ1v) is 10.7. The molecule has 2 heterocycles. The molecule has 0 spiro atoms. The molecule has 7 heteroatoms. The third-order valence-corrected chi connectivity index (χ3v) is 5.46. The number of aliphatic hydroxyl groups is 1. The number of rotatable bonds is 8. The standard InChI is InChI=1S/C26H25NO6/c1-3-13-32-20-7-4-6-18(15-20)24(28)22-23(17-9-11-19(31-2)12-10-17)27(26(30)25(22)29)16-21-8-5-14-33-21/h4-12,14-15,23,28H,3,13,16H2,1-2H3/b24-22+. The van der Waals surface area contributed by atoms with Crippen LogP contribution in [-0.2, 0) is 16.1 Å². The molecule has 2 aromatic carbocycles. The summed E-state index contributed by atoms with van der Waals surface area (Å²) in [5.74, 6) is 0.0459. The molecule has 4 rings (SSSR count). The maximum absolute atomic E-state index is 13.1. The van der Waals surface area contributed by atoms with E-state index < -0.39 is 17.7 Å². The summed E-state index contributed by atoms with van der Waals surface area (Å²) in [7, 11) is 1.56. The molecule has 33 heavy (non-hydrogen) atoms. The zero-order valence-electron chi connectivity index (χ0n) is 18.5. The maximum atomic E-state index is 13.1. The monoisotopic (exact) mass is 447 g/mol. The molecule has 1 amide bonds. The van der Waals surface area contributed by atoms with Gasteiger partial charge in [0.05, 0.1) is 38.1 Å². The average molecular weight is 447 g/mol. The molecule has 1 unspecified atom stereocenters. The number of carbonyl (C=O) groups excluding carboxylic acids is 2. The van der Waals surface area contributed by atoms with Gasteiger partial charge in [0.25, 0.3) is 11.7 Å². The van der Waals surface area contributed by atoms with E-state index in [4.69, 9.17) is 13.9 Å². The number of furan rings is 1. The van der Waals surface area contributed by atoms with E-state index in [-0.39, 0.29) is 17.9 Å². The lowest BCUT2D eigenvalue weighted by atomic mass is 9.95. The Kier molecular flexibility index (Phi) is 6.49. The van der Waals surface area contributed by atoms with Crippen LogP contribution >= 0.6 is 0 Å². The molecule has 1 N–H and O–H groups in total. The van der Waals surface area contributed by atoms with Crippen LogP contribution in [0.4, 0.5) is 0 Å². The van der Waals surface area contributed by atoms with Crippen LogP contribution in [-0.4, -0.2) is 35.4 Å². The van der Waals surface area contributed by atoms with Crippen LogP contribution < -0.4 is 9.47 Å². The second kappa shape index (κ2) is 9.65. The fourth-order valence-electron chi connectivity index (χ4n) is 3.85. The SMILES string of the molecule is CCCOc1cccc(/C(O)=C2\C(=O)C(=O)N(Cc3ccco3)C2c2ccc(OC)cc2)c1. The molecule has 1 atom stereocenters. The number of aliphatic hydroxyl groups excluding tert-OH is 1. The van der Waals surface area contributed by atoms with Gasteiger partial charge in [0.2, 0.25) is 0 Å². The number of hydrogen-bond donors (Lipinski definition) is 1. The molecule has 1 aromatic heterocycles. The molecular formula is C26H25NO6. The van der Waals surface area contributed by atoms with E-state index in [0.29, 0.717) is 35.0 Å². The Bertz CT molecular complexity index is 1160. The first-order chi connectivity index (χ1) is 16.0. The quantitative estimate of drug-likeness (QED) is 0.306. The average Bonchev–Trinajstić information content (AvgIpc) is 3.45. The molecule has 1 fully saturated rings. The van der Waals surface area contributed by atoms with Gasteiger partial charge in [0, 0.05) is 5.56 Å². The summed E-state index contributed by atoms with van der Waals surface area (Å²) < 4.78 is 16.3. The summed E-state index contributed by atoms with van der Waals surface area (Å²) in [6.07, 6.45) is 2.35. The molecule has 1 aliphatic rings. The predicted molar refractivity (Wildman–Crippen MR) is 122 cm³/mol. The molecule has 0 saturated carbocycles. The highest BCUT2D eigenvalue weighted by Gasteiger charge is 2.46. The lowest BCUT2D eigenvalue weighted by molar-refractivity contribution is -0.140. The van der Waals surface area contributed by atoms with Crippen LogP contribution in [0.2, 0.25) is 0 Å². The minimum atomic E-state index is -0.791. The molecule has 3 aromatic rings. The van der Waals surface area contributed by atoms with Gasteiger partial charge in [-0.3, -0.25) is 9.59 Å². The van der Waals surface area contributed by atoms with Crippen molar-refractivity contribution in [1.29, 1.82) is 0 Å². The maximum Gasteiger partial charge on any atom is 0.296 e. The van der Waals surface area contributed by atoms with E-state index in [1.165, 1.54) is 11.2 Å². The number of amides is 1. The largest absolute Gasteiger partial charge is 0.507 e. The topological polar surface area (TPSA) is 89.2 Å². The number of hydrogen-bond acceptors (Lipinski definition) is 6. The smallest absolute Gasteiger partial charge is 0.296 e. The second-order valence-corrected chi connectivity index (χ2v) is 7.66. The molecular weight excluding hydrogens is 422 g/mol. The zero-order chi connectivity index (χ0) is 23.4. The number of Topliss-reactive ketones (excluding diaryl/α,β-unsaturated/α-hetero) is 1. The zero-order valence-corrected chi connectivity index (χ0v) is 18.5. The van der Waals surface area contributed by atoms with Gasteiger partial charge in [-0.25, -0.2) is 0 Å². The highest BCUT2D eigenvalue weighted by molar-refractivity contribution is 6.46. The van der Waals surface area contributed by atoms with Crippen molar-refractivity contribution in [1.82, 2.24) is 4.90 Å². The normalized spacial score (nSPS) is 17.4. The van der Waals surface area contributed by atoms with Crippen LogP contribution in [0.3, 0.4) is 0 Å². The van der Waals surface area contributed by atoms with E-state index in [9.17, 15) is 14.7 Å². The molecule has 0 bridgehead atoms. The fraction of sp³-hybridized carbons (Fsp3) is 0.231. The van der Waals surface area contributed by atoms with E-state index in [1.54, 1.807) is 67.8 Å². The summed E-state index contributed by atoms with van der Waals surface area (Å²) in [5.41, 5.74) is 1.09. The molecule has 1 saturated heterocycles. The first kappa shape index (κ1) is 22.2. The molecule has 7 nitrogen and oxygen atoms in total. The Morgan fingerprint density at radius 3 is 2.52 bits per heavy atom. The Morgan fingerprint density at radius 2 is 1.85 bits per heavy atom. The highest BCUT2D eigenvalue weighted by atomic mass is 16.5. The summed E-state index contributed by atoms with van der Waals surface area (Å²) in [5, 5.41) is 11.2. The number of ether oxygens (including phenoxy) is 2. The van der Waals surface area contributed by atoms with Crippen LogP contribution in [0.5, 0.6) is 11.5 Å². The van der Waals surface area contributed by atoms with Crippen molar-refractivity contribution in [2.75, 3.05) is 13.7 Å². The van der Waals surface area contributed by atoms with Gasteiger partial charge in [0.15, 0.2) is 0 Å². The number of ketones is 1. The summed E-state index contributed by atoms with van der Waals surface area (Å²) >= 11 is 0. The van der Waals surface area contributed by atoms with Gasteiger partial charge < -0.3 is 23.9 Å². The second-order valence-electron chi connectivity index (χ2n) is 7.66. The van der Waals surface area contributed by atoms with Crippen molar-refractivity contribution in [3.63, 3.8) is 0 Å². The first-order valence-electron chi connectivity index (χ1n) is 10.7. The third kappa shape index (κ3) is 4.48. The van der Waals surface area contributed by atoms with Gasteiger partial charge in [-0.15, -0.1) is 0 Å². The van der Waals surface area contributed by atoms with Crippen LogP contribution in [0, 0.1) is 0 Å². The lowest BCUT2D eigenvalue weighted by Crippen LogP contribution is -2.29. The Labute approximate surface area is 191 Å². The van der Waals surface area contributed by atoms with Gasteiger partial charge in [-0.05, 0) is 48.4 Å². The Balaban J connectivity index is 1.81. The van der Waals surface area contributed by atoms with Gasteiger partial charge >= 0.3 is 0 Å². The number of carbonyl (C=O) groups is 2. The molecule has 0 radical (unpaired) electrons. The summed E-state index contributed by atoms with van der Waals surface area (Å²) in [6.45, 7) is 2.62. The number of benzene rings is 2. The van der Waals surface area contributed by atoms with E-state index in [1.807, 2.05) is 6.92 Å². The Morgan fingerprint density at radius 1 is 1.06 bits per heavy atom. The van der Waals surface area contributed by atoms with Crippen molar-refractivity contribution < 1.29 is 28.6 Å². The van der Waals surface area contributed by atoms with Gasteiger partial charge in [0.1, 0.15) is 23.0 Å². The summed E-state index contributed by atoms with van der Waals surface area (Å²) in [6, 6.07) is 16.6. The van der Waals surface area contributed by atoms with Crippen molar-refractivity contribution in [2.45, 2.75) is 25.9 Å². The number of methoxy groups -OCH3 is 1. The predicted octanol–water partition coefficient (Wildman–Crippen LogP) is 4.70. The third-order valence-electron chi connectivity index (χ3n) is 5.46. The van der Waals surface area contributed by atoms with Crippen LogP contribution in [0.15, 0.2) is 76.9 Å². The minimum absolute atomic E-state index is 0.0179. The van der Waals surface area contributed by atoms with Gasteiger partial charge in [-0.1, -0.05) is 31.2 Å². The number of likely N-dealkylation sites (tertiary alicyclic amines) is 1. The summed E-state index contributed by atoms with van der Waals surface area (Å²) in [4.78, 5) is 27.6. The van der Waals surface area contributed by atoms with E-state index in [2.05, 4.69) is 0 Å². The van der Waals surface area contributed by atoms with Crippen molar-refractivity contribution in [2.24, 2.45) is 0 Å². The molecule has 1 aliphatic heterocycles. The Hall–Kier alpha value is -4.00. The number of nitrogens with zero attached hydrogens (tertiary/aromatic N) is 1.